The molecular formula is C53H39N. The maximum Gasteiger partial charge on any atom is 0.0462 e. The second-order valence-electron chi connectivity index (χ2n) is 15.1. The summed E-state index contributed by atoms with van der Waals surface area (Å²) in [5.74, 6) is 0. The van der Waals surface area contributed by atoms with Gasteiger partial charge in [0.2, 0.25) is 0 Å². The van der Waals surface area contributed by atoms with E-state index in [0.29, 0.717) is 0 Å². The quantitative estimate of drug-likeness (QED) is 0.168. The van der Waals surface area contributed by atoms with Crippen molar-refractivity contribution in [3.05, 3.63) is 211 Å². The Morgan fingerprint density at radius 2 is 0.704 bits per heavy atom. The van der Waals surface area contributed by atoms with Gasteiger partial charge in [0.15, 0.2) is 0 Å². The molecule has 0 radical (unpaired) electrons. The lowest BCUT2D eigenvalue weighted by Gasteiger charge is -2.28. The van der Waals surface area contributed by atoms with E-state index >= 15 is 0 Å². The van der Waals surface area contributed by atoms with Crippen molar-refractivity contribution in [2.75, 3.05) is 4.90 Å². The molecule has 9 aromatic carbocycles. The van der Waals surface area contributed by atoms with Gasteiger partial charge in [-0.2, -0.15) is 0 Å². The summed E-state index contributed by atoms with van der Waals surface area (Å²) in [6.07, 6.45) is 2.39. The number of fused-ring (bicyclic) bond motifs is 4. The summed E-state index contributed by atoms with van der Waals surface area (Å²) >= 11 is 0. The van der Waals surface area contributed by atoms with Crippen molar-refractivity contribution in [3.63, 3.8) is 0 Å². The summed E-state index contributed by atoms with van der Waals surface area (Å²) in [4.78, 5) is 2.37. The Hall–Kier alpha value is -6.70. The van der Waals surface area contributed by atoms with Crippen LogP contribution in [0.3, 0.4) is 0 Å². The van der Waals surface area contributed by atoms with Gasteiger partial charge >= 0.3 is 0 Å². The van der Waals surface area contributed by atoms with Crippen molar-refractivity contribution in [1.82, 2.24) is 0 Å². The highest BCUT2D eigenvalue weighted by atomic mass is 15.1. The van der Waals surface area contributed by atoms with E-state index in [4.69, 9.17) is 0 Å². The first-order valence-electron chi connectivity index (χ1n) is 18.8. The average Bonchev–Trinajstić information content (AvgIpc) is 3.49. The Kier molecular flexibility index (Phi) is 7.56. The molecule has 0 unspecified atom stereocenters. The molecule has 0 saturated heterocycles. The minimum absolute atomic E-state index is 0.0994. The van der Waals surface area contributed by atoms with Crippen LogP contribution in [-0.4, -0.2) is 0 Å². The van der Waals surface area contributed by atoms with Gasteiger partial charge in [0.05, 0.1) is 0 Å². The SMILES string of the molecule is CC1(C)C(c2ccc(N(c3ccc(-c4ccc5ccccc5c4)cc3)c3ccc(-c4ccc5ccccc5c4)cc3)cc2)=Cc2cc3ccccc3cc21. The van der Waals surface area contributed by atoms with Crippen molar-refractivity contribution >= 4 is 61.0 Å². The van der Waals surface area contributed by atoms with E-state index in [-0.39, 0.29) is 5.41 Å². The topological polar surface area (TPSA) is 3.24 Å². The van der Waals surface area contributed by atoms with Crippen molar-refractivity contribution in [1.29, 1.82) is 0 Å². The number of hydrogen-bond acceptors (Lipinski definition) is 1. The molecule has 0 saturated carbocycles. The molecule has 0 spiro atoms. The fraction of sp³-hybridized carbons (Fsp3) is 0.0566. The van der Waals surface area contributed by atoms with Crippen molar-refractivity contribution in [3.8, 4) is 22.3 Å². The van der Waals surface area contributed by atoms with Crippen LogP contribution in [-0.2, 0) is 5.41 Å². The highest BCUT2D eigenvalue weighted by Crippen LogP contribution is 2.48. The molecule has 0 amide bonds. The van der Waals surface area contributed by atoms with Crippen molar-refractivity contribution in [2.45, 2.75) is 19.3 Å². The maximum atomic E-state index is 2.39. The third-order valence-corrected chi connectivity index (χ3v) is 11.4. The summed E-state index contributed by atoms with van der Waals surface area (Å²) in [6, 6.07) is 71.1. The first kappa shape index (κ1) is 32.0. The van der Waals surface area contributed by atoms with Crippen LogP contribution < -0.4 is 4.90 Å². The average molecular weight is 690 g/mol. The van der Waals surface area contributed by atoms with Gasteiger partial charge in [-0.15, -0.1) is 0 Å². The number of rotatable bonds is 6. The second-order valence-corrected chi connectivity index (χ2v) is 15.1. The zero-order valence-corrected chi connectivity index (χ0v) is 30.5. The number of allylic oxidation sites excluding steroid dienone is 1. The highest BCUT2D eigenvalue weighted by Gasteiger charge is 2.34. The van der Waals surface area contributed by atoms with E-state index in [1.165, 1.54) is 76.8 Å². The van der Waals surface area contributed by atoms with Crippen LogP contribution in [0.1, 0.15) is 30.5 Å². The summed E-state index contributed by atoms with van der Waals surface area (Å²) in [7, 11) is 0. The number of nitrogens with zero attached hydrogens (tertiary/aromatic N) is 1. The van der Waals surface area contributed by atoms with Gasteiger partial charge in [-0.05, 0) is 144 Å². The first-order valence-corrected chi connectivity index (χ1v) is 18.8. The molecule has 1 aliphatic rings. The van der Waals surface area contributed by atoms with Crippen LogP contribution in [0.2, 0.25) is 0 Å². The highest BCUT2D eigenvalue weighted by molar-refractivity contribution is 5.99. The lowest BCUT2D eigenvalue weighted by atomic mass is 9.78. The Balaban J connectivity index is 1.02. The molecule has 256 valence electrons. The van der Waals surface area contributed by atoms with Gasteiger partial charge < -0.3 is 4.90 Å². The number of benzene rings is 9. The summed E-state index contributed by atoms with van der Waals surface area (Å²) in [5.41, 5.74) is 13.4. The smallest absolute Gasteiger partial charge is 0.0462 e. The second kappa shape index (κ2) is 12.8. The minimum Gasteiger partial charge on any atom is -0.311 e. The Morgan fingerprint density at radius 1 is 0.333 bits per heavy atom. The fourth-order valence-corrected chi connectivity index (χ4v) is 8.42. The first-order chi connectivity index (χ1) is 26.5. The molecule has 1 aliphatic carbocycles. The number of anilines is 3. The van der Waals surface area contributed by atoms with Crippen LogP contribution in [0.25, 0.3) is 66.2 Å². The van der Waals surface area contributed by atoms with E-state index < -0.39 is 0 Å². The lowest BCUT2D eigenvalue weighted by molar-refractivity contribution is 0.705. The van der Waals surface area contributed by atoms with E-state index in [2.05, 4.69) is 219 Å². The standard InChI is InChI=1S/C53H39N/c1-53(2)51(35-47-33-43-13-7-8-14-44(43)34-52(47)53)40-23-29-50(30-24-40)54(48-25-19-38(20-26-48)45-17-15-36-9-3-5-11-41(36)31-45)49-27-21-39(22-28-49)46-18-16-37-10-4-6-12-42(37)32-46/h3-35H,1-2H3. The monoisotopic (exact) mass is 689 g/mol. The van der Waals surface area contributed by atoms with E-state index in [0.717, 1.165) is 17.1 Å². The summed E-state index contributed by atoms with van der Waals surface area (Å²) in [5, 5.41) is 7.60. The van der Waals surface area contributed by atoms with Crippen LogP contribution in [0.4, 0.5) is 17.1 Å². The normalized spacial score (nSPS) is 13.3. The molecule has 0 heterocycles. The van der Waals surface area contributed by atoms with Gasteiger partial charge in [0, 0.05) is 22.5 Å². The zero-order valence-electron chi connectivity index (χ0n) is 30.5. The molecule has 1 nitrogen and oxygen atoms in total. The Labute approximate surface area is 317 Å². The van der Waals surface area contributed by atoms with Gasteiger partial charge in [-0.25, -0.2) is 0 Å². The van der Waals surface area contributed by atoms with Crippen LogP contribution >= 0.6 is 0 Å². The molecule has 0 atom stereocenters. The van der Waals surface area contributed by atoms with Gasteiger partial charge in [-0.1, -0.05) is 147 Å². The van der Waals surface area contributed by atoms with Crippen LogP contribution in [0.15, 0.2) is 194 Å². The zero-order chi connectivity index (χ0) is 36.2. The lowest BCUT2D eigenvalue weighted by Crippen LogP contribution is -2.16. The van der Waals surface area contributed by atoms with Crippen LogP contribution in [0.5, 0.6) is 0 Å². The molecule has 10 rings (SSSR count). The molecule has 0 aromatic heterocycles. The van der Waals surface area contributed by atoms with E-state index in [1.807, 2.05) is 0 Å². The molecule has 0 aliphatic heterocycles. The largest absolute Gasteiger partial charge is 0.311 e. The maximum absolute atomic E-state index is 2.39. The molecule has 9 aromatic rings. The molecule has 1 heteroatoms. The van der Waals surface area contributed by atoms with Crippen LogP contribution in [0, 0.1) is 0 Å². The molecular weight excluding hydrogens is 651 g/mol. The molecule has 54 heavy (non-hydrogen) atoms. The van der Waals surface area contributed by atoms with E-state index in [9.17, 15) is 0 Å². The molecule has 0 fully saturated rings. The predicted molar refractivity (Wildman–Crippen MR) is 232 cm³/mol. The third-order valence-electron chi connectivity index (χ3n) is 11.4. The van der Waals surface area contributed by atoms with Gasteiger partial charge in [0.25, 0.3) is 0 Å². The van der Waals surface area contributed by atoms with Crippen molar-refractivity contribution < 1.29 is 0 Å². The van der Waals surface area contributed by atoms with Gasteiger partial charge in [0.1, 0.15) is 0 Å². The number of hydrogen-bond donors (Lipinski definition) is 0. The Bertz CT molecular complexity index is 2750. The predicted octanol–water partition coefficient (Wildman–Crippen LogP) is 14.8. The van der Waals surface area contributed by atoms with Crippen molar-refractivity contribution in [2.24, 2.45) is 0 Å². The Morgan fingerprint density at radius 3 is 1.17 bits per heavy atom. The summed E-state index contributed by atoms with van der Waals surface area (Å²) in [6.45, 7) is 4.71. The molecule has 0 bridgehead atoms. The summed E-state index contributed by atoms with van der Waals surface area (Å²) < 4.78 is 0. The fourth-order valence-electron chi connectivity index (χ4n) is 8.42. The van der Waals surface area contributed by atoms with E-state index in [1.54, 1.807) is 0 Å². The minimum atomic E-state index is -0.0994. The van der Waals surface area contributed by atoms with Gasteiger partial charge in [-0.3, -0.25) is 0 Å². The molecule has 0 N–H and O–H groups in total. The third kappa shape index (κ3) is 5.57.